The third-order valence-electron chi connectivity index (χ3n) is 4.09. The molecule has 2 atom stereocenters. The molecular weight excluding hydrogens is 254 g/mol. The highest BCUT2D eigenvalue weighted by Crippen LogP contribution is 2.18. The molecule has 1 amide bonds. The molecule has 0 radical (unpaired) electrons. The minimum Gasteiger partial charge on any atom is -0.467 e. The van der Waals surface area contributed by atoms with Crippen LogP contribution in [0.4, 0.5) is 0 Å². The van der Waals surface area contributed by atoms with Crippen LogP contribution >= 0.6 is 0 Å². The molecule has 2 unspecified atom stereocenters. The van der Waals surface area contributed by atoms with E-state index < -0.39 is 0 Å². The molecule has 1 aromatic rings. The first-order chi connectivity index (χ1) is 9.72. The van der Waals surface area contributed by atoms with E-state index in [9.17, 15) is 4.79 Å². The molecule has 1 aliphatic rings. The number of carbonyl (C=O) groups is 1. The zero-order valence-electron chi connectivity index (χ0n) is 12.2. The summed E-state index contributed by atoms with van der Waals surface area (Å²) in [5, 5.41) is 2.93. The number of furan rings is 1. The number of likely N-dealkylation sites (tertiary alicyclic amines) is 1. The molecule has 2 rings (SSSR count). The Balaban J connectivity index is 1.90. The highest BCUT2D eigenvalue weighted by atomic mass is 16.3. The minimum atomic E-state index is -0.142. The summed E-state index contributed by atoms with van der Waals surface area (Å²) >= 11 is 0. The number of hydrogen-bond donors (Lipinski definition) is 2. The average Bonchev–Trinajstić information content (AvgIpc) is 2.87. The number of nitrogens with two attached hydrogens (primary N) is 1. The third kappa shape index (κ3) is 3.84. The highest BCUT2D eigenvalue weighted by Gasteiger charge is 2.28. The van der Waals surface area contributed by atoms with Crippen molar-refractivity contribution in [3.8, 4) is 0 Å². The molecule has 1 aliphatic heterocycles. The highest BCUT2D eigenvalue weighted by molar-refractivity contribution is 5.81. The van der Waals surface area contributed by atoms with E-state index in [4.69, 9.17) is 10.2 Å². The molecule has 3 N–H and O–H groups in total. The predicted octanol–water partition coefficient (Wildman–Crippen LogP) is 1.49. The average molecular weight is 279 g/mol. The van der Waals surface area contributed by atoms with Gasteiger partial charge in [-0.15, -0.1) is 0 Å². The van der Waals surface area contributed by atoms with Gasteiger partial charge in [0.1, 0.15) is 5.76 Å². The van der Waals surface area contributed by atoms with Gasteiger partial charge in [-0.3, -0.25) is 9.69 Å². The van der Waals surface area contributed by atoms with E-state index in [1.807, 2.05) is 19.1 Å². The first-order valence-electron chi connectivity index (χ1n) is 7.48. The van der Waals surface area contributed by atoms with Crippen LogP contribution < -0.4 is 11.1 Å². The predicted molar refractivity (Wildman–Crippen MR) is 78.0 cm³/mol. The van der Waals surface area contributed by atoms with Crippen LogP contribution in [-0.2, 0) is 11.3 Å². The fraction of sp³-hybridized carbons (Fsp3) is 0.667. The number of hydrogen-bond acceptors (Lipinski definition) is 4. The van der Waals surface area contributed by atoms with Crippen LogP contribution in [0.1, 0.15) is 38.4 Å². The van der Waals surface area contributed by atoms with Gasteiger partial charge in [0.25, 0.3) is 0 Å². The molecule has 0 bridgehead atoms. The normalized spacial score (nSPS) is 22.2. The largest absolute Gasteiger partial charge is 0.467 e. The van der Waals surface area contributed by atoms with Crippen molar-refractivity contribution in [2.75, 3.05) is 13.1 Å². The van der Waals surface area contributed by atoms with Crippen LogP contribution in [0, 0.1) is 0 Å². The molecule has 5 heteroatoms. The van der Waals surface area contributed by atoms with E-state index in [0.29, 0.717) is 19.1 Å². The summed E-state index contributed by atoms with van der Waals surface area (Å²) in [6.07, 6.45) is 6.29. The van der Waals surface area contributed by atoms with E-state index in [-0.39, 0.29) is 11.9 Å². The smallest absolute Gasteiger partial charge is 0.237 e. The first kappa shape index (κ1) is 15.1. The molecule has 2 heterocycles. The van der Waals surface area contributed by atoms with Crippen LogP contribution in [0.5, 0.6) is 0 Å². The second kappa shape index (κ2) is 7.45. The number of amides is 1. The molecule has 1 saturated heterocycles. The molecule has 0 aliphatic carbocycles. The molecule has 0 spiro atoms. The van der Waals surface area contributed by atoms with Gasteiger partial charge in [0, 0.05) is 12.6 Å². The van der Waals surface area contributed by atoms with Crippen LogP contribution in [-0.4, -0.2) is 36.0 Å². The Morgan fingerprint density at radius 3 is 3.10 bits per heavy atom. The lowest BCUT2D eigenvalue weighted by Gasteiger charge is -2.33. The second-order valence-corrected chi connectivity index (χ2v) is 5.45. The fourth-order valence-electron chi connectivity index (χ4n) is 2.85. The van der Waals surface area contributed by atoms with Crippen molar-refractivity contribution in [2.45, 2.75) is 51.2 Å². The molecule has 112 valence electrons. The molecule has 5 nitrogen and oxygen atoms in total. The van der Waals surface area contributed by atoms with Crippen molar-refractivity contribution >= 4 is 5.91 Å². The van der Waals surface area contributed by atoms with Gasteiger partial charge < -0.3 is 15.5 Å². The molecule has 0 saturated carbocycles. The Bertz CT molecular complexity index is 405. The summed E-state index contributed by atoms with van der Waals surface area (Å²) in [7, 11) is 0. The summed E-state index contributed by atoms with van der Waals surface area (Å²) in [5.41, 5.74) is 5.86. The Morgan fingerprint density at radius 2 is 2.40 bits per heavy atom. The van der Waals surface area contributed by atoms with Crippen LogP contribution in [0.2, 0.25) is 0 Å². The maximum Gasteiger partial charge on any atom is 0.237 e. The number of carbonyl (C=O) groups excluding carboxylic acids is 1. The first-order valence-corrected chi connectivity index (χ1v) is 7.48. The Morgan fingerprint density at radius 1 is 1.55 bits per heavy atom. The lowest BCUT2D eigenvalue weighted by molar-refractivity contribution is -0.127. The van der Waals surface area contributed by atoms with E-state index in [0.717, 1.165) is 25.1 Å². The van der Waals surface area contributed by atoms with Gasteiger partial charge in [-0.05, 0) is 38.4 Å². The fourth-order valence-corrected chi connectivity index (χ4v) is 2.85. The Kier molecular flexibility index (Phi) is 5.61. The van der Waals surface area contributed by atoms with Gasteiger partial charge in [0.2, 0.25) is 5.91 Å². The van der Waals surface area contributed by atoms with E-state index >= 15 is 0 Å². The van der Waals surface area contributed by atoms with Crippen molar-refractivity contribution in [2.24, 2.45) is 5.73 Å². The summed E-state index contributed by atoms with van der Waals surface area (Å²) in [4.78, 5) is 14.5. The van der Waals surface area contributed by atoms with E-state index in [1.54, 1.807) is 6.26 Å². The minimum absolute atomic E-state index is 0.0433. The summed E-state index contributed by atoms with van der Waals surface area (Å²) < 4.78 is 5.22. The van der Waals surface area contributed by atoms with Crippen LogP contribution in [0.3, 0.4) is 0 Å². The van der Waals surface area contributed by atoms with Crippen molar-refractivity contribution in [3.05, 3.63) is 24.2 Å². The summed E-state index contributed by atoms with van der Waals surface area (Å²) in [6.45, 7) is 3.98. The van der Waals surface area contributed by atoms with Crippen LogP contribution in [0.25, 0.3) is 0 Å². The Labute approximate surface area is 120 Å². The zero-order chi connectivity index (χ0) is 14.4. The molecule has 1 fully saturated rings. The molecule has 1 aromatic heterocycles. The van der Waals surface area contributed by atoms with E-state index in [1.165, 1.54) is 12.8 Å². The second-order valence-electron chi connectivity index (χ2n) is 5.45. The van der Waals surface area contributed by atoms with Gasteiger partial charge in [-0.2, -0.15) is 0 Å². The van der Waals surface area contributed by atoms with Gasteiger partial charge in [0.05, 0.1) is 18.8 Å². The zero-order valence-corrected chi connectivity index (χ0v) is 12.2. The van der Waals surface area contributed by atoms with Gasteiger partial charge in [0.15, 0.2) is 0 Å². The van der Waals surface area contributed by atoms with Crippen molar-refractivity contribution in [1.29, 1.82) is 0 Å². The Hall–Kier alpha value is -1.33. The standard InChI is InChI=1S/C15H25N3O2/c1-12(15(19)17-11-14-7-5-9-20-14)18-8-4-2-3-6-13(18)10-16/h5,7,9,12-13H,2-4,6,8,10-11,16H2,1H3,(H,17,19). The number of rotatable bonds is 5. The lowest BCUT2D eigenvalue weighted by Crippen LogP contribution is -2.51. The molecule has 20 heavy (non-hydrogen) atoms. The van der Waals surface area contributed by atoms with Gasteiger partial charge >= 0.3 is 0 Å². The maximum absolute atomic E-state index is 12.3. The maximum atomic E-state index is 12.3. The summed E-state index contributed by atoms with van der Waals surface area (Å²) in [6, 6.07) is 3.86. The number of nitrogens with one attached hydrogen (secondary N) is 1. The van der Waals surface area contributed by atoms with Gasteiger partial charge in [-0.25, -0.2) is 0 Å². The van der Waals surface area contributed by atoms with E-state index in [2.05, 4.69) is 10.2 Å². The molecular formula is C15H25N3O2. The SMILES string of the molecule is CC(C(=O)NCc1ccco1)N1CCCCCC1CN. The topological polar surface area (TPSA) is 71.5 Å². The van der Waals surface area contributed by atoms with Crippen molar-refractivity contribution < 1.29 is 9.21 Å². The van der Waals surface area contributed by atoms with Crippen molar-refractivity contribution in [1.82, 2.24) is 10.2 Å². The lowest BCUT2D eigenvalue weighted by atomic mass is 10.1. The third-order valence-corrected chi connectivity index (χ3v) is 4.09. The quantitative estimate of drug-likeness (QED) is 0.856. The van der Waals surface area contributed by atoms with Crippen LogP contribution in [0.15, 0.2) is 22.8 Å². The van der Waals surface area contributed by atoms with Gasteiger partial charge in [-0.1, -0.05) is 12.8 Å². The van der Waals surface area contributed by atoms with Crippen molar-refractivity contribution in [3.63, 3.8) is 0 Å². The summed E-state index contributed by atoms with van der Waals surface area (Å²) in [5.74, 6) is 0.818. The molecule has 0 aromatic carbocycles. The monoisotopic (exact) mass is 279 g/mol. The number of nitrogens with zero attached hydrogens (tertiary/aromatic N) is 1.